The zero-order valence-corrected chi connectivity index (χ0v) is 12.2. The van der Waals surface area contributed by atoms with Crippen LogP contribution in [-0.4, -0.2) is 74.0 Å². The monoisotopic (exact) mass is 270 g/mol. The first kappa shape index (κ1) is 15.9. The number of nitrogens with zero attached hydrogens (tertiary/aromatic N) is 2. The van der Waals surface area contributed by atoms with Gasteiger partial charge in [0.05, 0.1) is 12.6 Å². The maximum absolute atomic E-state index is 12.5. The third-order valence-electron chi connectivity index (χ3n) is 3.48. The number of carbonyl (C=O) groups excluding carboxylic acids is 2. The van der Waals surface area contributed by atoms with E-state index >= 15 is 0 Å². The van der Waals surface area contributed by atoms with Gasteiger partial charge in [-0.05, 0) is 13.3 Å². The Morgan fingerprint density at radius 3 is 2.53 bits per heavy atom. The quantitative estimate of drug-likeness (QED) is 0.667. The predicted molar refractivity (Wildman–Crippen MR) is 74.8 cm³/mol. The van der Waals surface area contributed by atoms with Crippen LogP contribution >= 0.6 is 0 Å². The van der Waals surface area contributed by atoms with Crippen LogP contribution in [0.25, 0.3) is 0 Å². The van der Waals surface area contributed by atoms with Crippen molar-refractivity contribution in [3.8, 4) is 0 Å². The highest BCUT2D eigenvalue weighted by Crippen LogP contribution is 2.06. The molecule has 19 heavy (non-hydrogen) atoms. The van der Waals surface area contributed by atoms with Crippen molar-refractivity contribution >= 4 is 11.8 Å². The maximum atomic E-state index is 12.5. The molecule has 1 aliphatic heterocycles. The zero-order chi connectivity index (χ0) is 14.3. The van der Waals surface area contributed by atoms with Gasteiger partial charge in [-0.3, -0.25) is 14.5 Å². The van der Waals surface area contributed by atoms with Gasteiger partial charge in [0.15, 0.2) is 0 Å². The highest BCUT2D eigenvalue weighted by molar-refractivity contribution is 5.87. The Hall–Kier alpha value is -1.14. The Balaban J connectivity index is 2.60. The molecule has 0 aliphatic carbocycles. The van der Waals surface area contributed by atoms with Crippen molar-refractivity contribution in [2.24, 2.45) is 0 Å². The van der Waals surface area contributed by atoms with Crippen molar-refractivity contribution < 1.29 is 9.59 Å². The van der Waals surface area contributed by atoms with E-state index in [0.29, 0.717) is 6.54 Å². The third kappa shape index (κ3) is 4.80. The van der Waals surface area contributed by atoms with E-state index in [-0.39, 0.29) is 24.4 Å². The highest BCUT2D eigenvalue weighted by atomic mass is 16.2. The largest absolute Gasteiger partial charge is 0.358 e. The topological polar surface area (TPSA) is 64.7 Å². The maximum Gasteiger partial charge on any atom is 0.240 e. The van der Waals surface area contributed by atoms with Crippen molar-refractivity contribution in [3.63, 3.8) is 0 Å². The van der Waals surface area contributed by atoms with E-state index in [4.69, 9.17) is 0 Å². The van der Waals surface area contributed by atoms with E-state index in [1.54, 1.807) is 11.9 Å². The minimum absolute atomic E-state index is 0.0485. The highest BCUT2D eigenvalue weighted by Gasteiger charge is 2.27. The Morgan fingerprint density at radius 1 is 1.37 bits per heavy atom. The lowest BCUT2D eigenvalue weighted by atomic mass is 10.2. The first-order valence-electron chi connectivity index (χ1n) is 7.04. The van der Waals surface area contributed by atoms with Crippen LogP contribution in [0.15, 0.2) is 0 Å². The number of hydrogen-bond acceptors (Lipinski definition) is 4. The fraction of sp³-hybridized carbons (Fsp3) is 0.846. The summed E-state index contributed by atoms with van der Waals surface area (Å²) in [6, 6.07) is -0.154. The first-order valence-corrected chi connectivity index (χ1v) is 7.04. The van der Waals surface area contributed by atoms with Gasteiger partial charge in [-0.1, -0.05) is 6.92 Å². The van der Waals surface area contributed by atoms with Gasteiger partial charge in [0.1, 0.15) is 0 Å². The Kier molecular flexibility index (Phi) is 6.80. The molecule has 0 spiro atoms. The van der Waals surface area contributed by atoms with Crippen LogP contribution in [0.2, 0.25) is 0 Å². The summed E-state index contributed by atoms with van der Waals surface area (Å²) in [4.78, 5) is 27.8. The number of amides is 2. The molecular weight excluding hydrogens is 244 g/mol. The first-order chi connectivity index (χ1) is 9.10. The molecule has 1 unspecified atom stereocenters. The van der Waals surface area contributed by atoms with Gasteiger partial charge in [-0.2, -0.15) is 0 Å². The van der Waals surface area contributed by atoms with Gasteiger partial charge in [0.25, 0.3) is 0 Å². The molecule has 1 atom stereocenters. The average molecular weight is 270 g/mol. The molecule has 0 aromatic carbocycles. The van der Waals surface area contributed by atoms with Crippen LogP contribution in [0.5, 0.6) is 0 Å². The Bertz CT molecular complexity index is 303. The van der Waals surface area contributed by atoms with Crippen LogP contribution in [0.4, 0.5) is 0 Å². The van der Waals surface area contributed by atoms with E-state index in [1.165, 1.54) is 0 Å². The smallest absolute Gasteiger partial charge is 0.240 e. The summed E-state index contributed by atoms with van der Waals surface area (Å²) in [5.41, 5.74) is 0. The number of likely N-dealkylation sites (N-methyl/N-ethyl adjacent to an activating group) is 1. The van der Waals surface area contributed by atoms with Crippen LogP contribution in [0.3, 0.4) is 0 Å². The van der Waals surface area contributed by atoms with Gasteiger partial charge in [-0.25, -0.2) is 0 Å². The zero-order valence-electron chi connectivity index (χ0n) is 12.2. The van der Waals surface area contributed by atoms with E-state index in [0.717, 1.165) is 32.6 Å². The van der Waals surface area contributed by atoms with Crippen molar-refractivity contribution in [1.82, 2.24) is 20.4 Å². The Morgan fingerprint density at radius 2 is 2.00 bits per heavy atom. The normalized spacial score (nSPS) is 17.8. The number of nitrogens with one attached hydrogen (secondary N) is 2. The molecule has 1 fully saturated rings. The second-order valence-electron chi connectivity index (χ2n) is 4.89. The molecule has 0 bridgehead atoms. The van der Waals surface area contributed by atoms with Crippen molar-refractivity contribution in [3.05, 3.63) is 0 Å². The van der Waals surface area contributed by atoms with Crippen LogP contribution in [0.1, 0.15) is 20.3 Å². The van der Waals surface area contributed by atoms with E-state index in [9.17, 15) is 9.59 Å². The van der Waals surface area contributed by atoms with E-state index < -0.39 is 0 Å². The molecule has 6 heteroatoms. The van der Waals surface area contributed by atoms with Crippen molar-refractivity contribution in [2.75, 3.05) is 46.3 Å². The summed E-state index contributed by atoms with van der Waals surface area (Å²) >= 11 is 0. The Labute approximate surface area is 115 Å². The number of carbonyl (C=O) groups is 2. The summed E-state index contributed by atoms with van der Waals surface area (Å²) in [6.07, 6.45) is 0.858. The minimum Gasteiger partial charge on any atom is -0.358 e. The molecule has 0 aromatic rings. The molecule has 1 aliphatic rings. The predicted octanol–water partition coefficient (Wildman–Crippen LogP) is -0.735. The number of hydrogen-bond donors (Lipinski definition) is 2. The van der Waals surface area contributed by atoms with Crippen molar-refractivity contribution in [2.45, 2.75) is 26.3 Å². The van der Waals surface area contributed by atoms with Crippen LogP contribution in [-0.2, 0) is 9.59 Å². The van der Waals surface area contributed by atoms with Crippen molar-refractivity contribution in [1.29, 1.82) is 0 Å². The molecule has 2 N–H and O–H groups in total. The van der Waals surface area contributed by atoms with E-state index in [1.807, 2.05) is 13.8 Å². The molecule has 0 saturated carbocycles. The number of piperazine rings is 1. The molecule has 0 aromatic heterocycles. The summed E-state index contributed by atoms with van der Waals surface area (Å²) in [5, 5.41) is 5.84. The second kappa shape index (κ2) is 8.12. The molecule has 1 saturated heterocycles. The molecular formula is C13H26N4O2. The van der Waals surface area contributed by atoms with Gasteiger partial charge in [0.2, 0.25) is 11.8 Å². The summed E-state index contributed by atoms with van der Waals surface area (Å²) in [7, 11) is 1.59. The van der Waals surface area contributed by atoms with Gasteiger partial charge < -0.3 is 15.5 Å². The fourth-order valence-electron chi connectivity index (χ4n) is 2.28. The van der Waals surface area contributed by atoms with Gasteiger partial charge in [-0.15, -0.1) is 0 Å². The summed E-state index contributed by atoms with van der Waals surface area (Å²) < 4.78 is 0. The van der Waals surface area contributed by atoms with Crippen LogP contribution < -0.4 is 10.6 Å². The molecule has 2 amide bonds. The SMILES string of the molecule is CCCN(CC(=O)NC)C(=O)C(C)N1CCNCC1. The standard InChI is InChI=1S/C13H26N4O2/c1-4-7-17(10-12(18)14-3)13(19)11(2)16-8-5-15-6-9-16/h11,15H,4-10H2,1-3H3,(H,14,18). The fourth-order valence-corrected chi connectivity index (χ4v) is 2.28. The molecule has 1 rings (SSSR count). The lowest BCUT2D eigenvalue weighted by Crippen LogP contribution is -2.54. The minimum atomic E-state index is -0.154. The number of rotatable bonds is 6. The molecule has 1 heterocycles. The molecule has 6 nitrogen and oxygen atoms in total. The lowest BCUT2D eigenvalue weighted by molar-refractivity contribution is -0.140. The van der Waals surface area contributed by atoms with Gasteiger partial charge in [0, 0.05) is 39.8 Å². The second-order valence-corrected chi connectivity index (χ2v) is 4.89. The average Bonchev–Trinajstić information content (AvgIpc) is 2.46. The van der Waals surface area contributed by atoms with Gasteiger partial charge >= 0.3 is 0 Å². The third-order valence-corrected chi connectivity index (χ3v) is 3.48. The molecule has 0 radical (unpaired) electrons. The summed E-state index contributed by atoms with van der Waals surface area (Å²) in [5.74, 6) is -0.0679. The van der Waals surface area contributed by atoms with Crippen LogP contribution in [0, 0.1) is 0 Å². The van der Waals surface area contributed by atoms with E-state index in [2.05, 4.69) is 15.5 Å². The summed E-state index contributed by atoms with van der Waals surface area (Å²) in [6.45, 7) is 8.32. The lowest BCUT2D eigenvalue weighted by Gasteiger charge is -2.34. The molecule has 110 valence electrons.